The smallest absolute Gasteiger partial charge is 0.334 e. The predicted molar refractivity (Wildman–Crippen MR) is 87.8 cm³/mol. The molecule has 21 heavy (non-hydrogen) atoms. The number of rotatable bonds is 6. The molecular weight excluding hydrogens is 267 g/mol. The van der Waals surface area contributed by atoms with Crippen molar-refractivity contribution >= 4 is 24.8 Å². The van der Waals surface area contributed by atoms with Crippen molar-refractivity contribution < 1.29 is 14.5 Å². The Kier molecular flexibility index (Phi) is 5.42. The molecule has 115 valence electrons. The lowest BCUT2D eigenvalue weighted by Gasteiger charge is -2.37. The topological polar surface area (TPSA) is 77.1 Å². The second-order valence-electron chi connectivity index (χ2n) is 5.92. The zero-order valence-corrected chi connectivity index (χ0v) is 13.6. The molecular formula is C15H24BN2O3. The summed E-state index contributed by atoms with van der Waals surface area (Å²) in [7, 11) is 4.82. The van der Waals surface area contributed by atoms with Gasteiger partial charge in [0.05, 0.1) is 18.3 Å². The average molecular weight is 291 g/mol. The van der Waals surface area contributed by atoms with Gasteiger partial charge in [-0.2, -0.15) is 0 Å². The molecule has 0 spiro atoms. The Labute approximate surface area is 127 Å². The summed E-state index contributed by atoms with van der Waals surface area (Å²) in [6.45, 7) is 7.05. The van der Waals surface area contributed by atoms with Crippen molar-refractivity contribution in [1.82, 2.24) is 0 Å². The molecule has 0 fully saturated rings. The molecule has 0 saturated carbocycles. The molecule has 5 nitrogen and oxygen atoms in total. The first-order chi connectivity index (χ1) is 9.62. The van der Waals surface area contributed by atoms with Crippen LogP contribution in [0.5, 0.6) is 5.75 Å². The SMILES string of the molecule is CN=Cc1cc([B]OC(C)(C)C(C)(C)O)c(OC)cc1N. The maximum Gasteiger partial charge on any atom is 0.334 e. The number of nitrogens with two attached hydrogens (primary N) is 1. The van der Waals surface area contributed by atoms with Crippen molar-refractivity contribution in [3.63, 3.8) is 0 Å². The number of hydrogen-bond acceptors (Lipinski definition) is 5. The van der Waals surface area contributed by atoms with Gasteiger partial charge in [-0.25, -0.2) is 0 Å². The summed E-state index contributed by atoms with van der Waals surface area (Å²) in [6, 6.07) is 3.56. The van der Waals surface area contributed by atoms with E-state index in [4.69, 9.17) is 15.1 Å². The zero-order chi connectivity index (χ0) is 16.3. The minimum atomic E-state index is -0.988. The summed E-state index contributed by atoms with van der Waals surface area (Å²) < 4.78 is 11.1. The first-order valence-corrected chi connectivity index (χ1v) is 6.75. The summed E-state index contributed by atoms with van der Waals surface area (Å²) in [5.41, 5.74) is 6.30. The van der Waals surface area contributed by atoms with E-state index < -0.39 is 11.2 Å². The molecule has 0 unspecified atom stereocenters. The number of benzene rings is 1. The zero-order valence-electron chi connectivity index (χ0n) is 13.6. The molecule has 1 aromatic rings. The van der Waals surface area contributed by atoms with Crippen LogP contribution in [0.2, 0.25) is 0 Å². The summed E-state index contributed by atoms with van der Waals surface area (Å²) >= 11 is 0. The summed E-state index contributed by atoms with van der Waals surface area (Å²) in [5, 5.41) is 10.1. The highest BCUT2D eigenvalue weighted by Crippen LogP contribution is 2.25. The number of anilines is 1. The van der Waals surface area contributed by atoms with E-state index in [1.807, 2.05) is 19.9 Å². The Hall–Kier alpha value is -1.53. The number of methoxy groups -OCH3 is 1. The van der Waals surface area contributed by atoms with E-state index in [1.54, 1.807) is 47.8 Å². The van der Waals surface area contributed by atoms with E-state index >= 15 is 0 Å². The van der Waals surface area contributed by atoms with Crippen LogP contribution >= 0.6 is 0 Å². The third-order valence-corrected chi connectivity index (χ3v) is 3.66. The van der Waals surface area contributed by atoms with E-state index in [1.165, 1.54) is 0 Å². The Morgan fingerprint density at radius 3 is 2.38 bits per heavy atom. The van der Waals surface area contributed by atoms with Crippen LogP contribution in [0.25, 0.3) is 0 Å². The van der Waals surface area contributed by atoms with E-state index in [0.717, 1.165) is 11.0 Å². The van der Waals surface area contributed by atoms with Gasteiger partial charge in [-0.05, 0) is 33.2 Å². The number of hydrogen-bond donors (Lipinski definition) is 2. The fourth-order valence-electron chi connectivity index (χ4n) is 1.50. The minimum absolute atomic E-state index is 0.580. The maximum atomic E-state index is 10.1. The van der Waals surface area contributed by atoms with Gasteiger partial charge in [0.1, 0.15) is 5.75 Å². The first-order valence-electron chi connectivity index (χ1n) is 6.75. The molecule has 0 heterocycles. The van der Waals surface area contributed by atoms with Crippen LogP contribution in [0.4, 0.5) is 5.69 Å². The molecule has 0 aliphatic heterocycles. The molecule has 0 amide bonds. The predicted octanol–water partition coefficient (Wildman–Crippen LogP) is 1.14. The van der Waals surface area contributed by atoms with Crippen molar-refractivity contribution in [2.75, 3.05) is 19.9 Å². The highest BCUT2D eigenvalue weighted by molar-refractivity contribution is 6.48. The van der Waals surface area contributed by atoms with Crippen LogP contribution in [0.15, 0.2) is 17.1 Å². The van der Waals surface area contributed by atoms with Gasteiger partial charge in [-0.3, -0.25) is 4.99 Å². The van der Waals surface area contributed by atoms with Crippen molar-refractivity contribution in [2.24, 2.45) is 4.99 Å². The van der Waals surface area contributed by atoms with Crippen LogP contribution < -0.4 is 15.9 Å². The number of ether oxygens (including phenoxy) is 1. The lowest BCUT2D eigenvalue weighted by molar-refractivity contribution is -0.0893. The number of nitrogens with zero attached hydrogens (tertiary/aromatic N) is 1. The molecule has 0 aliphatic rings. The van der Waals surface area contributed by atoms with Crippen LogP contribution in [-0.2, 0) is 4.65 Å². The van der Waals surface area contributed by atoms with Crippen LogP contribution in [0.1, 0.15) is 33.3 Å². The van der Waals surface area contributed by atoms with Crippen molar-refractivity contribution in [1.29, 1.82) is 0 Å². The molecule has 3 N–H and O–H groups in total. The second-order valence-corrected chi connectivity index (χ2v) is 5.92. The molecule has 0 aromatic heterocycles. The average Bonchev–Trinajstić information content (AvgIpc) is 2.38. The maximum absolute atomic E-state index is 10.1. The largest absolute Gasteiger partial charge is 0.497 e. The summed E-state index contributed by atoms with van der Waals surface area (Å²) in [4.78, 5) is 3.97. The highest BCUT2D eigenvalue weighted by Gasteiger charge is 2.36. The second kappa shape index (κ2) is 6.49. The van der Waals surface area contributed by atoms with Crippen LogP contribution in [0, 0.1) is 0 Å². The van der Waals surface area contributed by atoms with Crippen molar-refractivity contribution in [3.8, 4) is 5.75 Å². The van der Waals surface area contributed by atoms with Gasteiger partial charge in [-0.1, -0.05) is 6.07 Å². The molecule has 0 bridgehead atoms. The van der Waals surface area contributed by atoms with E-state index in [9.17, 15) is 5.11 Å². The first kappa shape index (κ1) is 17.5. The standard InChI is InChI=1S/C15H24BN2O3/c1-14(2,19)15(3,4)21-16-11-7-10(9-18-5)12(17)8-13(11)20-6/h7-9,19H,17H2,1-6H3. The van der Waals surface area contributed by atoms with Gasteiger partial charge in [0.15, 0.2) is 0 Å². The van der Waals surface area contributed by atoms with E-state index in [0.29, 0.717) is 11.4 Å². The fraction of sp³-hybridized carbons (Fsp3) is 0.533. The summed E-state index contributed by atoms with van der Waals surface area (Å²) in [5.74, 6) is 0.604. The van der Waals surface area contributed by atoms with Crippen molar-refractivity contribution in [2.45, 2.75) is 38.9 Å². The third kappa shape index (κ3) is 4.22. The van der Waals surface area contributed by atoms with Crippen LogP contribution in [0.3, 0.4) is 0 Å². The Morgan fingerprint density at radius 2 is 1.90 bits per heavy atom. The molecule has 0 atom stereocenters. The summed E-state index contributed by atoms with van der Waals surface area (Å²) in [6.07, 6.45) is 1.67. The highest BCUT2D eigenvalue weighted by atomic mass is 16.5. The van der Waals surface area contributed by atoms with E-state index in [2.05, 4.69) is 4.99 Å². The quantitative estimate of drug-likeness (QED) is 0.468. The molecule has 1 radical (unpaired) electrons. The molecule has 0 saturated heterocycles. The minimum Gasteiger partial charge on any atom is -0.497 e. The van der Waals surface area contributed by atoms with E-state index in [-0.39, 0.29) is 0 Å². The molecule has 0 aliphatic carbocycles. The Bertz CT molecular complexity index is 522. The Balaban J connectivity index is 3.05. The lowest BCUT2D eigenvalue weighted by Crippen LogP contribution is -2.49. The van der Waals surface area contributed by atoms with Gasteiger partial charge >= 0.3 is 7.48 Å². The molecule has 1 aromatic carbocycles. The van der Waals surface area contributed by atoms with Gasteiger partial charge in [0.25, 0.3) is 0 Å². The number of aliphatic hydroxyl groups is 1. The normalized spacial score (nSPS) is 12.7. The van der Waals surface area contributed by atoms with Gasteiger partial charge in [0.2, 0.25) is 0 Å². The molecule has 6 heteroatoms. The lowest BCUT2D eigenvalue weighted by atomic mass is 9.81. The third-order valence-electron chi connectivity index (χ3n) is 3.66. The van der Waals surface area contributed by atoms with Crippen molar-refractivity contribution in [3.05, 3.63) is 17.7 Å². The molecule has 1 rings (SSSR count). The number of nitrogen functional groups attached to an aromatic ring is 1. The van der Waals surface area contributed by atoms with Gasteiger partial charge in [-0.15, -0.1) is 0 Å². The number of aliphatic imine (C=N–C) groups is 1. The van der Waals surface area contributed by atoms with Gasteiger partial charge < -0.3 is 20.2 Å². The Morgan fingerprint density at radius 1 is 1.29 bits per heavy atom. The van der Waals surface area contributed by atoms with Gasteiger partial charge in [0, 0.05) is 30.6 Å². The fourth-order valence-corrected chi connectivity index (χ4v) is 1.50. The van der Waals surface area contributed by atoms with Crippen LogP contribution in [-0.4, -0.2) is 44.2 Å². The monoisotopic (exact) mass is 291 g/mol.